The van der Waals surface area contributed by atoms with Gasteiger partial charge in [-0.2, -0.15) is 0 Å². The highest BCUT2D eigenvalue weighted by Crippen LogP contribution is 2.29. The van der Waals surface area contributed by atoms with Crippen LogP contribution in [0.1, 0.15) is 31.4 Å². The number of carbonyl (C=O) groups excluding carboxylic acids is 1. The van der Waals surface area contributed by atoms with Gasteiger partial charge in [0.05, 0.1) is 6.04 Å². The molecular weight excluding hydrogens is 299 g/mol. The van der Waals surface area contributed by atoms with E-state index in [2.05, 4.69) is 5.32 Å². The highest BCUT2D eigenvalue weighted by molar-refractivity contribution is 6.30. The smallest absolute Gasteiger partial charge is 0.221 e. The van der Waals surface area contributed by atoms with E-state index in [1.54, 1.807) is 0 Å². The first-order valence-corrected chi connectivity index (χ1v) is 6.86. The van der Waals surface area contributed by atoms with Gasteiger partial charge < -0.3 is 15.8 Å². The molecule has 1 fully saturated rings. The van der Waals surface area contributed by atoms with Gasteiger partial charge in [-0.1, -0.05) is 23.7 Å². The van der Waals surface area contributed by atoms with Crippen LogP contribution < -0.4 is 11.1 Å². The second-order valence-corrected chi connectivity index (χ2v) is 5.42. The number of benzene rings is 1. The molecule has 6 heteroatoms. The number of ether oxygens (including phenoxy) is 1. The Labute approximate surface area is 130 Å². The fourth-order valence-electron chi connectivity index (χ4n) is 2.28. The Morgan fingerprint density at radius 2 is 2.15 bits per heavy atom. The summed E-state index contributed by atoms with van der Waals surface area (Å²) in [7, 11) is 0. The van der Waals surface area contributed by atoms with E-state index in [1.807, 2.05) is 31.2 Å². The van der Waals surface area contributed by atoms with Gasteiger partial charge in [-0.05, 0) is 31.0 Å². The first-order chi connectivity index (χ1) is 9.06. The number of rotatable bonds is 4. The molecule has 112 valence electrons. The third-order valence-electron chi connectivity index (χ3n) is 3.14. The zero-order chi connectivity index (χ0) is 13.8. The van der Waals surface area contributed by atoms with Crippen molar-refractivity contribution in [2.24, 2.45) is 5.73 Å². The van der Waals surface area contributed by atoms with Crippen molar-refractivity contribution >= 4 is 29.9 Å². The second-order valence-electron chi connectivity index (χ2n) is 4.99. The minimum atomic E-state index is -0.128. The molecule has 0 radical (unpaired) electrons. The molecule has 3 atom stereocenters. The van der Waals surface area contributed by atoms with Crippen LogP contribution in [0.4, 0.5) is 0 Å². The molecule has 1 aromatic rings. The first-order valence-electron chi connectivity index (χ1n) is 6.48. The molecule has 1 aromatic carbocycles. The third kappa shape index (κ3) is 4.63. The molecule has 0 aromatic heterocycles. The Balaban J connectivity index is 0.00000200. The summed E-state index contributed by atoms with van der Waals surface area (Å²) in [5, 5.41) is 3.69. The normalized spacial score (nSPS) is 22.9. The lowest BCUT2D eigenvalue weighted by Gasteiger charge is -2.20. The quantitative estimate of drug-likeness (QED) is 0.896. The van der Waals surface area contributed by atoms with Crippen molar-refractivity contribution < 1.29 is 9.53 Å². The zero-order valence-corrected chi connectivity index (χ0v) is 12.9. The van der Waals surface area contributed by atoms with Crippen LogP contribution in [0.15, 0.2) is 24.3 Å². The van der Waals surface area contributed by atoms with E-state index in [-0.39, 0.29) is 36.5 Å². The number of halogens is 2. The summed E-state index contributed by atoms with van der Waals surface area (Å²) in [6.07, 6.45) is 1.05. The van der Waals surface area contributed by atoms with Gasteiger partial charge in [0.15, 0.2) is 0 Å². The van der Waals surface area contributed by atoms with Crippen molar-refractivity contribution in [3.8, 4) is 0 Å². The summed E-state index contributed by atoms with van der Waals surface area (Å²) in [6.45, 7) is 2.47. The lowest BCUT2D eigenvalue weighted by molar-refractivity contribution is -0.122. The molecule has 1 aliphatic rings. The Kier molecular flexibility index (Phi) is 6.76. The summed E-state index contributed by atoms with van der Waals surface area (Å²) in [6, 6.07) is 7.41. The number of carbonyl (C=O) groups is 1. The molecule has 0 spiro atoms. The maximum atomic E-state index is 11.8. The lowest BCUT2D eigenvalue weighted by Crippen LogP contribution is -2.39. The van der Waals surface area contributed by atoms with E-state index in [9.17, 15) is 4.79 Å². The summed E-state index contributed by atoms with van der Waals surface area (Å²) < 4.78 is 5.71. The van der Waals surface area contributed by atoms with Gasteiger partial charge in [-0.25, -0.2) is 0 Å². The number of amides is 1. The molecule has 1 saturated heterocycles. The van der Waals surface area contributed by atoms with Gasteiger partial charge in [0.1, 0.15) is 6.10 Å². The van der Waals surface area contributed by atoms with E-state index in [4.69, 9.17) is 22.1 Å². The van der Waals surface area contributed by atoms with Gasteiger partial charge >= 0.3 is 0 Å². The fourth-order valence-corrected chi connectivity index (χ4v) is 2.40. The summed E-state index contributed by atoms with van der Waals surface area (Å²) in [5.74, 6) is -0.0236. The molecule has 1 aliphatic heterocycles. The molecule has 1 amide bonds. The van der Waals surface area contributed by atoms with Crippen LogP contribution in [0.5, 0.6) is 0 Å². The zero-order valence-electron chi connectivity index (χ0n) is 11.3. The molecule has 0 saturated carbocycles. The van der Waals surface area contributed by atoms with E-state index in [0.29, 0.717) is 18.1 Å². The van der Waals surface area contributed by atoms with E-state index >= 15 is 0 Å². The van der Waals surface area contributed by atoms with Crippen LogP contribution in [0.3, 0.4) is 0 Å². The van der Waals surface area contributed by atoms with Gasteiger partial charge in [-0.15, -0.1) is 12.4 Å². The largest absolute Gasteiger partial charge is 0.371 e. The van der Waals surface area contributed by atoms with Gasteiger partial charge in [0.2, 0.25) is 5.91 Å². The van der Waals surface area contributed by atoms with Gasteiger partial charge in [0.25, 0.3) is 0 Å². The van der Waals surface area contributed by atoms with Crippen LogP contribution in [-0.2, 0) is 9.53 Å². The standard InChI is InChI=1S/C14H19ClN2O2.ClH/c1-9(16)8-13(18)17-12-6-7-19-14(12)10-2-4-11(15)5-3-10;/h2-5,9,12,14H,6-8,16H2,1H3,(H,17,18);1H. The molecule has 4 nitrogen and oxygen atoms in total. The van der Waals surface area contributed by atoms with Gasteiger partial charge in [0, 0.05) is 24.1 Å². The van der Waals surface area contributed by atoms with Crippen molar-refractivity contribution in [2.45, 2.75) is 38.0 Å². The van der Waals surface area contributed by atoms with Crippen LogP contribution >= 0.6 is 24.0 Å². The van der Waals surface area contributed by atoms with Crippen LogP contribution in [0, 0.1) is 0 Å². The van der Waals surface area contributed by atoms with Crippen LogP contribution in [-0.4, -0.2) is 24.6 Å². The Hall–Kier alpha value is -0.810. The highest BCUT2D eigenvalue weighted by atomic mass is 35.5. The van der Waals surface area contributed by atoms with Crippen LogP contribution in [0.2, 0.25) is 5.02 Å². The molecular formula is C14H20Cl2N2O2. The number of nitrogens with one attached hydrogen (secondary N) is 1. The van der Waals surface area contributed by atoms with Crippen molar-refractivity contribution in [1.82, 2.24) is 5.32 Å². The molecule has 0 aliphatic carbocycles. The maximum absolute atomic E-state index is 11.8. The molecule has 3 unspecified atom stereocenters. The van der Waals surface area contributed by atoms with E-state index in [0.717, 1.165) is 12.0 Å². The van der Waals surface area contributed by atoms with Crippen molar-refractivity contribution in [3.05, 3.63) is 34.9 Å². The maximum Gasteiger partial charge on any atom is 0.221 e. The molecule has 20 heavy (non-hydrogen) atoms. The van der Waals surface area contributed by atoms with Gasteiger partial charge in [-0.3, -0.25) is 4.79 Å². The van der Waals surface area contributed by atoms with Crippen molar-refractivity contribution in [1.29, 1.82) is 0 Å². The Bertz CT molecular complexity index is 437. The first kappa shape index (κ1) is 17.2. The Morgan fingerprint density at radius 3 is 2.75 bits per heavy atom. The Morgan fingerprint density at radius 1 is 1.50 bits per heavy atom. The molecule has 0 bridgehead atoms. The third-order valence-corrected chi connectivity index (χ3v) is 3.40. The molecule has 2 rings (SSSR count). The van der Waals surface area contributed by atoms with E-state index in [1.165, 1.54) is 0 Å². The average Bonchev–Trinajstić information content (AvgIpc) is 2.77. The van der Waals surface area contributed by atoms with Crippen molar-refractivity contribution in [3.63, 3.8) is 0 Å². The predicted octanol–water partition coefficient (Wildman–Crippen LogP) is 2.45. The second kappa shape index (κ2) is 7.84. The average molecular weight is 319 g/mol. The predicted molar refractivity (Wildman–Crippen MR) is 82.2 cm³/mol. The SMILES string of the molecule is CC(N)CC(=O)NC1CCOC1c1ccc(Cl)cc1.Cl. The fraction of sp³-hybridized carbons (Fsp3) is 0.500. The summed E-state index contributed by atoms with van der Waals surface area (Å²) in [5.41, 5.74) is 6.66. The van der Waals surface area contributed by atoms with Crippen molar-refractivity contribution in [2.75, 3.05) is 6.61 Å². The molecule has 1 heterocycles. The monoisotopic (exact) mass is 318 g/mol. The number of hydrogen-bond donors (Lipinski definition) is 2. The van der Waals surface area contributed by atoms with E-state index < -0.39 is 0 Å². The summed E-state index contributed by atoms with van der Waals surface area (Å²) >= 11 is 5.87. The minimum Gasteiger partial charge on any atom is -0.371 e. The highest BCUT2D eigenvalue weighted by Gasteiger charge is 2.30. The topological polar surface area (TPSA) is 64.4 Å². The number of nitrogens with two attached hydrogens (primary N) is 1. The number of hydrogen-bond acceptors (Lipinski definition) is 3. The lowest BCUT2D eigenvalue weighted by atomic mass is 10.0. The molecule has 3 N–H and O–H groups in total. The van der Waals surface area contributed by atoms with Crippen LogP contribution in [0.25, 0.3) is 0 Å². The summed E-state index contributed by atoms with van der Waals surface area (Å²) in [4.78, 5) is 11.8. The minimum absolute atomic E-state index is 0.